The lowest BCUT2D eigenvalue weighted by molar-refractivity contribution is 0.0942. The number of aryl methyl sites for hydroxylation is 2. The van der Waals surface area contributed by atoms with E-state index in [-0.39, 0.29) is 30.2 Å². The number of anilines is 1. The van der Waals surface area contributed by atoms with Gasteiger partial charge in [-0.1, -0.05) is 24.3 Å². The fourth-order valence-electron chi connectivity index (χ4n) is 4.71. The molecule has 10 heteroatoms. The van der Waals surface area contributed by atoms with Crippen LogP contribution in [0.1, 0.15) is 33.7 Å². The third kappa shape index (κ3) is 4.57. The zero-order valence-corrected chi connectivity index (χ0v) is 19.9. The van der Waals surface area contributed by atoms with E-state index < -0.39 is 29.7 Å². The highest BCUT2D eigenvalue weighted by atomic mass is 19.1. The monoisotopic (exact) mass is 506 g/mol. The average Bonchev–Trinajstić information content (AvgIpc) is 3.23. The highest BCUT2D eigenvalue weighted by molar-refractivity contribution is 5.95. The summed E-state index contributed by atoms with van der Waals surface area (Å²) in [6, 6.07) is 13.7. The summed E-state index contributed by atoms with van der Waals surface area (Å²) in [4.78, 5) is 31.0. The summed E-state index contributed by atoms with van der Waals surface area (Å²) < 4.78 is 35.2. The van der Waals surface area contributed by atoms with Gasteiger partial charge in [-0.3, -0.25) is 14.1 Å². The molecule has 0 saturated heterocycles. The SMILES string of the molecule is Cc1nc2c(OCc3c(F)cccc3F)cccn2c1C(=O)NCC1CCc2ccccc2N1C(=O)O. The van der Waals surface area contributed by atoms with Crippen molar-refractivity contribution >= 4 is 23.3 Å². The predicted octanol–water partition coefficient (Wildman–Crippen LogP) is 4.73. The molecule has 2 aromatic heterocycles. The van der Waals surface area contributed by atoms with Crippen LogP contribution in [0.3, 0.4) is 0 Å². The van der Waals surface area contributed by atoms with Crippen molar-refractivity contribution in [1.82, 2.24) is 14.7 Å². The molecule has 8 nitrogen and oxygen atoms in total. The van der Waals surface area contributed by atoms with Gasteiger partial charge in [-0.15, -0.1) is 0 Å². The number of nitrogens with zero attached hydrogens (tertiary/aromatic N) is 3. The van der Waals surface area contributed by atoms with Gasteiger partial charge >= 0.3 is 6.09 Å². The molecule has 0 aliphatic carbocycles. The number of hydrogen-bond acceptors (Lipinski definition) is 4. The molecule has 2 amide bonds. The maximum absolute atomic E-state index is 14.0. The minimum absolute atomic E-state index is 0.120. The number of carbonyl (C=O) groups is 2. The molecule has 0 saturated carbocycles. The molecule has 5 rings (SSSR count). The van der Waals surface area contributed by atoms with Crippen molar-refractivity contribution in [2.45, 2.75) is 32.4 Å². The Hall–Kier alpha value is -4.47. The minimum Gasteiger partial charge on any atom is -0.485 e. The van der Waals surface area contributed by atoms with Gasteiger partial charge < -0.3 is 15.2 Å². The number of carboxylic acid groups (broad SMARTS) is 1. The first kappa shape index (κ1) is 24.2. The maximum Gasteiger partial charge on any atom is 0.412 e. The van der Waals surface area contributed by atoms with Crippen molar-refractivity contribution in [3.05, 3.63) is 94.9 Å². The molecular formula is C27H24F2N4O4. The molecule has 1 unspecified atom stereocenters. The molecule has 0 spiro atoms. The molecular weight excluding hydrogens is 482 g/mol. The van der Waals surface area contributed by atoms with Crippen LogP contribution in [0.2, 0.25) is 0 Å². The Morgan fingerprint density at radius 2 is 1.86 bits per heavy atom. The largest absolute Gasteiger partial charge is 0.485 e. The topological polar surface area (TPSA) is 96.2 Å². The number of halogens is 2. The lowest BCUT2D eigenvalue weighted by Gasteiger charge is -2.35. The Kier molecular flexibility index (Phi) is 6.47. The first-order valence-electron chi connectivity index (χ1n) is 11.8. The molecule has 3 heterocycles. The summed E-state index contributed by atoms with van der Waals surface area (Å²) in [7, 11) is 0. The summed E-state index contributed by atoms with van der Waals surface area (Å²) >= 11 is 0. The van der Waals surface area contributed by atoms with E-state index in [1.807, 2.05) is 12.1 Å². The molecule has 1 aliphatic rings. The Bertz CT molecular complexity index is 1480. The van der Waals surface area contributed by atoms with E-state index in [2.05, 4.69) is 10.3 Å². The van der Waals surface area contributed by atoms with Gasteiger partial charge in [0.1, 0.15) is 23.9 Å². The number of amides is 2. The molecule has 1 aliphatic heterocycles. The van der Waals surface area contributed by atoms with Gasteiger partial charge in [-0.2, -0.15) is 0 Å². The van der Waals surface area contributed by atoms with Gasteiger partial charge in [-0.25, -0.2) is 18.6 Å². The van der Waals surface area contributed by atoms with E-state index in [0.29, 0.717) is 29.9 Å². The van der Waals surface area contributed by atoms with Gasteiger partial charge in [0.2, 0.25) is 0 Å². The normalized spacial score (nSPS) is 14.9. The Morgan fingerprint density at radius 1 is 1.11 bits per heavy atom. The molecule has 190 valence electrons. The van der Waals surface area contributed by atoms with E-state index >= 15 is 0 Å². The highest BCUT2D eigenvalue weighted by Gasteiger charge is 2.31. The fraction of sp³-hybridized carbons (Fsp3) is 0.222. The number of para-hydroxylation sites is 1. The number of pyridine rings is 1. The smallest absolute Gasteiger partial charge is 0.412 e. The maximum atomic E-state index is 14.0. The highest BCUT2D eigenvalue weighted by Crippen LogP contribution is 2.30. The number of imidazole rings is 1. The standard InChI is InChI=1S/C27H24F2N4O4/c1-16-24(26(34)30-14-18-12-11-17-6-2-3-9-22(17)33(18)27(35)36)32-13-5-10-23(25(32)31-16)37-15-19-20(28)7-4-8-21(19)29/h2-10,13,18H,11-12,14-15H2,1H3,(H,30,34)(H,35,36). The van der Waals surface area contributed by atoms with E-state index in [0.717, 1.165) is 17.7 Å². The lowest BCUT2D eigenvalue weighted by Crippen LogP contribution is -2.49. The van der Waals surface area contributed by atoms with Crippen LogP contribution in [0.25, 0.3) is 5.65 Å². The van der Waals surface area contributed by atoms with E-state index in [1.165, 1.54) is 11.0 Å². The first-order valence-corrected chi connectivity index (χ1v) is 11.8. The summed E-state index contributed by atoms with van der Waals surface area (Å²) in [6.45, 7) is 1.44. The quantitative estimate of drug-likeness (QED) is 0.394. The summed E-state index contributed by atoms with van der Waals surface area (Å²) in [5.74, 6) is -1.60. The molecule has 4 aromatic rings. The number of aromatic nitrogens is 2. The summed E-state index contributed by atoms with van der Waals surface area (Å²) in [5.41, 5.74) is 2.38. The second-order valence-corrected chi connectivity index (χ2v) is 8.78. The number of rotatable bonds is 6. The molecule has 0 bridgehead atoms. The van der Waals surface area contributed by atoms with Gasteiger partial charge in [0.15, 0.2) is 11.4 Å². The van der Waals surface area contributed by atoms with Crippen LogP contribution < -0.4 is 15.0 Å². The molecule has 37 heavy (non-hydrogen) atoms. The number of nitrogens with one attached hydrogen (secondary N) is 1. The first-order chi connectivity index (χ1) is 17.8. The van der Waals surface area contributed by atoms with Crippen LogP contribution in [0.15, 0.2) is 60.8 Å². The number of fused-ring (bicyclic) bond motifs is 2. The summed E-state index contributed by atoms with van der Waals surface area (Å²) in [6.07, 6.45) is 1.84. The van der Waals surface area contributed by atoms with Gasteiger partial charge in [-0.05, 0) is 55.7 Å². The van der Waals surface area contributed by atoms with E-state index in [4.69, 9.17) is 4.74 Å². The zero-order chi connectivity index (χ0) is 26.1. The molecule has 0 fully saturated rings. The van der Waals surface area contributed by atoms with Crippen LogP contribution in [-0.2, 0) is 13.0 Å². The van der Waals surface area contributed by atoms with Crippen molar-refractivity contribution in [2.24, 2.45) is 0 Å². The van der Waals surface area contributed by atoms with Crippen LogP contribution >= 0.6 is 0 Å². The Labute approximate surface area is 211 Å². The van der Waals surface area contributed by atoms with E-state index in [9.17, 15) is 23.5 Å². The zero-order valence-electron chi connectivity index (χ0n) is 19.9. The van der Waals surface area contributed by atoms with Gasteiger partial charge in [0.25, 0.3) is 5.91 Å². The minimum atomic E-state index is -1.08. The molecule has 0 radical (unpaired) electrons. The van der Waals surface area contributed by atoms with E-state index in [1.54, 1.807) is 41.8 Å². The van der Waals surface area contributed by atoms with Crippen molar-refractivity contribution in [3.63, 3.8) is 0 Å². The van der Waals surface area contributed by atoms with Crippen LogP contribution in [0.4, 0.5) is 19.3 Å². The predicted molar refractivity (Wildman–Crippen MR) is 132 cm³/mol. The molecule has 2 aromatic carbocycles. The van der Waals surface area contributed by atoms with Gasteiger partial charge in [0.05, 0.1) is 23.0 Å². The number of hydrogen-bond donors (Lipinski definition) is 2. The van der Waals surface area contributed by atoms with Gasteiger partial charge in [0, 0.05) is 12.7 Å². The lowest BCUT2D eigenvalue weighted by atomic mass is 9.96. The Morgan fingerprint density at radius 3 is 2.62 bits per heavy atom. The van der Waals surface area contributed by atoms with Crippen molar-refractivity contribution in [1.29, 1.82) is 0 Å². The number of benzene rings is 2. The van der Waals surface area contributed by atoms with Crippen LogP contribution in [0.5, 0.6) is 5.75 Å². The molecule has 2 N–H and O–H groups in total. The second-order valence-electron chi connectivity index (χ2n) is 8.78. The number of ether oxygens (including phenoxy) is 1. The fourth-order valence-corrected chi connectivity index (χ4v) is 4.71. The Balaban J connectivity index is 1.35. The number of carbonyl (C=O) groups excluding carboxylic acids is 1. The van der Waals surface area contributed by atoms with Crippen LogP contribution in [0, 0.1) is 18.6 Å². The molecule has 1 atom stereocenters. The van der Waals surface area contributed by atoms with Crippen molar-refractivity contribution < 1.29 is 28.2 Å². The van der Waals surface area contributed by atoms with Crippen molar-refractivity contribution in [2.75, 3.05) is 11.4 Å². The average molecular weight is 507 g/mol. The van der Waals surface area contributed by atoms with Crippen molar-refractivity contribution in [3.8, 4) is 5.75 Å². The third-order valence-electron chi connectivity index (χ3n) is 6.50. The second kappa shape index (κ2) is 9.88. The third-order valence-corrected chi connectivity index (χ3v) is 6.50. The summed E-state index contributed by atoms with van der Waals surface area (Å²) in [5, 5.41) is 12.7. The van der Waals surface area contributed by atoms with Crippen LogP contribution in [-0.4, -0.2) is 39.1 Å².